The second-order valence-electron chi connectivity index (χ2n) is 0. The largest absolute Gasteiger partial charge is 2.00 e. The van der Waals surface area contributed by atoms with E-state index < -0.39 is 0 Å². The molecule has 0 saturated heterocycles. The van der Waals surface area contributed by atoms with Gasteiger partial charge in [0.2, 0.25) is 0 Å². The van der Waals surface area contributed by atoms with Gasteiger partial charge in [0.25, 0.3) is 0 Å². The summed E-state index contributed by atoms with van der Waals surface area (Å²) in [6.45, 7) is 0. The first-order chi connectivity index (χ1) is 0. The quantitative estimate of drug-likeness (QED) is 0.589. The predicted octanol–water partition coefficient (Wildman–Crippen LogP) is 2.81. The van der Waals surface area contributed by atoms with E-state index in [2.05, 4.69) is 0 Å². The van der Waals surface area contributed by atoms with Gasteiger partial charge in [-0.25, -0.2) is 0 Å². The zero-order valence-corrected chi connectivity index (χ0v) is 5.34. The normalized spacial score (nSPS) is 0. The van der Waals surface area contributed by atoms with Gasteiger partial charge >= 0.3 is 21.1 Å². The van der Waals surface area contributed by atoms with Gasteiger partial charge in [-0.1, -0.05) is 22.3 Å². The topological polar surface area (TPSA) is 0 Å². The molecule has 0 fully saturated rings. The Balaban J connectivity index is 0. The molecule has 0 unspecified atom stereocenters. The van der Waals surface area contributed by atoms with E-state index in [1.165, 1.54) is 0 Å². The SMILES string of the molecule is C.C.C.[CH3-].[CH3-].[W+2]. The summed E-state index contributed by atoms with van der Waals surface area (Å²) >= 11 is 0. The van der Waals surface area contributed by atoms with Gasteiger partial charge in [-0.05, 0) is 0 Å². The molecule has 0 heterocycles. The summed E-state index contributed by atoms with van der Waals surface area (Å²) in [6, 6.07) is 0. The summed E-state index contributed by atoms with van der Waals surface area (Å²) in [4.78, 5) is 0. The zero-order valence-electron chi connectivity index (χ0n) is 2.41. The molecule has 0 aromatic rings. The van der Waals surface area contributed by atoms with Crippen LogP contribution in [0.1, 0.15) is 22.3 Å². The molecule has 0 N–H and O–H groups in total. The van der Waals surface area contributed by atoms with E-state index in [9.17, 15) is 0 Å². The average Bonchev–Trinajstić information content (AvgIpc) is 0. The van der Waals surface area contributed by atoms with Crippen molar-refractivity contribution in [2.24, 2.45) is 0 Å². The molecule has 0 aromatic carbocycles. The second-order valence-corrected chi connectivity index (χ2v) is 0. The molecule has 0 rings (SSSR count). The fraction of sp³-hybridized carbons (Fsp3) is 0.600. The molecule has 0 aliphatic heterocycles. The van der Waals surface area contributed by atoms with Crippen LogP contribution in [0.4, 0.5) is 0 Å². The van der Waals surface area contributed by atoms with Crippen LogP contribution in [0.5, 0.6) is 0 Å². The van der Waals surface area contributed by atoms with Gasteiger partial charge in [-0.15, -0.1) is 0 Å². The fourth-order valence-electron chi connectivity index (χ4n) is 0. The maximum absolute atomic E-state index is 0. The van der Waals surface area contributed by atoms with Crippen LogP contribution in [0.2, 0.25) is 0 Å². The van der Waals surface area contributed by atoms with Gasteiger partial charge < -0.3 is 14.9 Å². The van der Waals surface area contributed by atoms with E-state index in [4.69, 9.17) is 0 Å². The van der Waals surface area contributed by atoms with Crippen LogP contribution in [-0.4, -0.2) is 0 Å². The molecule has 1 heteroatoms. The van der Waals surface area contributed by atoms with Gasteiger partial charge in [0.15, 0.2) is 0 Å². The van der Waals surface area contributed by atoms with Gasteiger partial charge in [0.1, 0.15) is 0 Å². The minimum absolute atomic E-state index is 0. The Labute approximate surface area is 58.6 Å². The van der Waals surface area contributed by atoms with Gasteiger partial charge in [0, 0.05) is 0 Å². The van der Waals surface area contributed by atoms with Crippen LogP contribution >= 0.6 is 0 Å². The fourth-order valence-corrected chi connectivity index (χ4v) is 0. The predicted molar refractivity (Wildman–Crippen MR) is 33.0 cm³/mol. The van der Waals surface area contributed by atoms with Crippen molar-refractivity contribution in [3.8, 4) is 0 Å². The monoisotopic (exact) mass is 262 g/mol. The molecule has 0 saturated carbocycles. The molecule has 0 nitrogen and oxygen atoms in total. The van der Waals surface area contributed by atoms with Crippen molar-refractivity contribution in [3.63, 3.8) is 0 Å². The minimum atomic E-state index is 0. The Morgan fingerprint density at radius 2 is 0.500 bits per heavy atom. The maximum atomic E-state index is 0. The van der Waals surface area contributed by atoms with Crippen molar-refractivity contribution in [2.75, 3.05) is 0 Å². The van der Waals surface area contributed by atoms with Crippen molar-refractivity contribution in [1.29, 1.82) is 0 Å². The van der Waals surface area contributed by atoms with Crippen LogP contribution in [-0.2, 0) is 21.1 Å². The molecule has 0 amide bonds. The average molecular weight is 262 g/mol. The summed E-state index contributed by atoms with van der Waals surface area (Å²) in [7, 11) is 0. The molecule has 0 atom stereocenters. The first-order valence-corrected chi connectivity index (χ1v) is 0. The van der Waals surface area contributed by atoms with Crippen LogP contribution in [0, 0.1) is 14.9 Å². The Morgan fingerprint density at radius 1 is 0.500 bits per heavy atom. The molecule has 0 bridgehead atoms. The van der Waals surface area contributed by atoms with Crippen LogP contribution < -0.4 is 0 Å². The number of hydrogen-bond donors (Lipinski definition) is 0. The summed E-state index contributed by atoms with van der Waals surface area (Å²) in [6.07, 6.45) is 0. The molecule has 0 radical (unpaired) electrons. The summed E-state index contributed by atoms with van der Waals surface area (Å²) in [5, 5.41) is 0. The van der Waals surface area contributed by atoms with Gasteiger partial charge in [-0.2, -0.15) is 0 Å². The van der Waals surface area contributed by atoms with Crippen molar-refractivity contribution in [3.05, 3.63) is 14.9 Å². The van der Waals surface area contributed by atoms with Crippen molar-refractivity contribution < 1.29 is 21.1 Å². The first-order valence-electron chi connectivity index (χ1n) is 0. The number of rotatable bonds is 0. The first kappa shape index (κ1) is 457. The summed E-state index contributed by atoms with van der Waals surface area (Å²) in [5.41, 5.74) is 0. The summed E-state index contributed by atoms with van der Waals surface area (Å²) < 4.78 is 0. The van der Waals surface area contributed by atoms with E-state index in [1.54, 1.807) is 0 Å². The third-order valence-electron chi connectivity index (χ3n) is 0. The van der Waals surface area contributed by atoms with E-state index in [-0.39, 0.29) is 58.2 Å². The maximum Gasteiger partial charge on any atom is 2.00 e. The van der Waals surface area contributed by atoms with Gasteiger partial charge in [0.05, 0.1) is 0 Å². The Bertz CT molecular complexity index is 3.90. The van der Waals surface area contributed by atoms with Crippen LogP contribution in [0.15, 0.2) is 0 Å². The van der Waals surface area contributed by atoms with Crippen LogP contribution in [0.25, 0.3) is 0 Å². The van der Waals surface area contributed by atoms with E-state index in [0.29, 0.717) is 0 Å². The molecule has 0 spiro atoms. The van der Waals surface area contributed by atoms with Crippen molar-refractivity contribution in [2.45, 2.75) is 22.3 Å². The van der Waals surface area contributed by atoms with E-state index in [1.807, 2.05) is 0 Å². The smallest absolute Gasteiger partial charge is 0.358 e. The Hall–Kier alpha value is 0.688. The third-order valence-corrected chi connectivity index (χ3v) is 0. The molecular weight excluding hydrogens is 244 g/mol. The number of hydrogen-bond acceptors (Lipinski definition) is 0. The van der Waals surface area contributed by atoms with Crippen LogP contribution in [0.3, 0.4) is 0 Å². The minimum Gasteiger partial charge on any atom is -0.358 e. The van der Waals surface area contributed by atoms with E-state index >= 15 is 0 Å². The standard InChI is InChI=1S/3CH4.2CH3.W/h3*1H4;2*1H3;/q;;;2*-1;+2. The second kappa shape index (κ2) is 264. The zero-order chi connectivity index (χ0) is 0. The Kier molecular flexibility index (Phi) is 20100. The summed E-state index contributed by atoms with van der Waals surface area (Å²) in [5.74, 6) is 0. The van der Waals surface area contributed by atoms with Crippen molar-refractivity contribution >= 4 is 0 Å². The van der Waals surface area contributed by atoms with Gasteiger partial charge in [-0.3, -0.25) is 0 Å². The Morgan fingerprint density at radius 3 is 0.500 bits per heavy atom. The molecular formula is C5H18W. The molecule has 0 aliphatic rings. The third kappa shape index (κ3) is 135. The molecule has 0 aromatic heterocycles. The van der Waals surface area contributed by atoms with E-state index in [0.717, 1.165) is 0 Å². The molecule has 44 valence electrons. The molecule has 0 aliphatic carbocycles. The van der Waals surface area contributed by atoms with Crippen molar-refractivity contribution in [1.82, 2.24) is 0 Å². The molecule has 6 heavy (non-hydrogen) atoms.